The van der Waals surface area contributed by atoms with Gasteiger partial charge in [-0.1, -0.05) is 6.07 Å². The van der Waals surface area contributed by atoms with Gasteiger partial charge in [-0.25, -0.2) is 18.7 Å². The molecule has 0 amide bonds. The topological polar surface area (TPSA) is 55.6 Å². The van der Waals surface area contributed by atoms with Crippen molar-refractivity contribution >= 4 is 27.4 Å². The predicted molar refractivity (Wildman–Crippen MR) is 105 cm³/mol. The molecule has 28 heavy (non-hydrogen) atoms. The van der Waals surface area contributed by atoms with E-state index in [4.69, 9.17) is 9.97 Å². The number of nitrogens with one attached hydrogen (secondary N) is 1. The second-order valence-electron chi connectivity index (χ2n) is 6.84. The summed E-state index contributed by atoms with van der Waals surface area (Å²) in [4.78, 5) is 15.8. The van der Waals surface area contributed by atoms with Gasteiger partial charge in [0, 0.05) is 23.8 Å². The molecule has 0 saturated carbocycles. The van der Waals surface area contributed by atoms with Gasteiger partial charge in [-0.15, -0.1) is 11.3 Å². The molecule has 0 spiro atoms. The number of hydrogen-bond donors (Lipinski definition) is 1. The van der Waals surface area contributed by atoms with Crippen LogP contribution in [0.25, 0.3) is 16.2 Å². The molecule has 1 aliphatic carbocycles. The van der Waals surface area contributed by atoms with Gasteiger partial charge in [-0.05, 0) is 48.9 Å². The molecule has 1 aliphatic rings. The fourth-order valence-electron chi connectivity index (χ4n) is 3.60. The Labute approximate surface area is 164 Å². The Bertz CT molecular complexity index is 1150. The van der Waals surface area contributed by atoms with Crippen molar-refractivity contribution in [3.05, 3.63) is 64.6 Å². The molecule has 0 aliphatic heterocycles. The van der Waals surface area contributed by atoms with Crippen molar-refractivity contribution in [2.75, 3.05) is 5.32 Å². The summed E-state index contributed by atoms with van der Waals surface area (Å²) in [5, 5.41) is 4.37. The van der Waals surface area contributed by atoms with Crippen LogP contribution in [0.4, 0.5) is 14.6 Å². The third kappa shape index (κ3) is 3.03. The van der Waals surface area contributed by atoms with E-state index in [0.29, 0.717) is 18.1 Å². The van der Waals surface area contributed by atoms with E-state index in [-0.39, 0.29) is 0 Å². The fraction of sp³-hybridized carbons (Fsp3) is 0.250. The zero-order chi connectivity index (χ0) is 19.1. The molecule has 1 aromatic carbocycles. The molecule has 0 bridgehead atoms. The molecule has 0 radical (unpaired) electrons. The van der Waals surface area contributed by atoms with Crippen LogP contribution >= 0.6 is 11.3 Å². The highest BCUT2D eigenvalue weighted by molar-refractivity contribution is 7.19. The van der Waals surface area contributed by atoms with Gasteiger partial charge in [0.2, 0.25) is 5.95 Å². The van der Waals surface area contributed by atoms with Crippen LogP contribution in [0.2, 0.25) is 0 Å². The van der Waals surface area contributed by atoms with E-state index in [1.165, 1.54) is 22.9 Å². The molecule has 1 N–H and O–H groups in total. The number of aromatic nitrogens is 4. The summed E-state index contributed by atoms with van der Waals surface area (Å²) >= 11 is 1.72. The number of anilines is 1. The van der Waals surface area contributed by atoms with E-state index in [1.807, 2.05) is 0 Å². The molecule has 5 nitrogen and oxygen atoms in total. The minimum Gasteiger partial charge on any atom is -0.365 e. The van der Waals surface area contributed by atoms with Crippen molar-refractivity contribution in [3.8, 4) is 5.95 Å². The normalized spacial score (nSPS) is 13.6. The van der Waals surface area contributed by atoms with Crippen LogP contribution in [-0.4, -0.2) is 19.5 Å². The van der Waals surface area contributed by atoms with Crippen molar-refractivity contribution in [1.82, 2.24) is 19.5 Å². The van der Waals surface area contributed by atoms with Crippen LogP contribution in [-0.2, 0) is 19.4 Å². The minimum atomic E-state index is -0.848. The van der Waals surface area contributed by atoms with E-state index in [9.17, 15) is 8.78 Å². The number of rotatable bonds is 4. The van der Waals surface area contributed by atoms with Gasteiger partial charge in [-0.2, -0.15) is 4.98 Å². The summed E-state index contributed by atoms with van der Waals surface area (Å²) in [5.41, 5.74) is 1.97. The first-order valence-corrected chi connectivity index (χ1v) is 9.99. The lowest BCUT2D eigenvalue weighted by Crippen LogP contribution is -2.08. The van der Waals surface area contributed by atoms with Crippen LogP contribution in [0.1, 0.15) is 28.8 Å². The van der Waals surface area contributed by atoms with E-state index in [2.05, 4.69) is 10.3 Å². The molecule has 142 valence electrons. The highest BCUT2D eigenvalue weighted by Crippen LogP contribution is 2.39. The average molecular weight is 397 g/mol. The van der Waals surface area contributed by atoms with E-state index >= 15 is 0 Å². The summed E-state index contributed by atoms with van der Waals surface area (Å²) in [6.45, 7) is 0.345. The molecule has 0 unspecified atom stereocenters. The largest absolute Gasteiger partial charge is 0.365 e. The van der Waals surface area contributed by atoms with Gasteiger partial charge < -0.3 is 5.32 Å². The molecular weight excluding hydrogens is 380 g/mol. The zero-order valence-electron chi connectivity index (χ0n) is 15.0. The lowest BCUT2D eigenvalue weighted by Gasteiger charge is -2.13. The van der Waals surface area contributed by atoms with Gasteiger partial charge in [-0.3, -0.25) is 4.57 Å². The Balaban J connectivity index is 1.58. The molecule has 3 heterocycles. The van der Waals surface area contributed by atoms with Crippen molar-refractivity contribution in [1.29, 1.82) is 0 Å². The van der Waals surface area contributed by atoms with Gasteiger partial charge in [0.25, 0.3) is 0 Å². The SMILES string of the molecule is Fc1ccc(CNc2nc(-n3ccnc3)nc3sc4c(c23)CCCC4)cc1F. The molecule has 3 aromatic heterocycles. The Morgan fingerprint density at radius 3 is 2.82 bits per heavy atom. The first-order valence-electron chi connectivity index (χ1n) is 9.17. The summed E-state index contributed by atoms with van der Waals surface area (Å²) in [7, 11) is 0. The number of nitrogens with zero attached hydrogens (tertiary/aromatic N) is 4. The number of fused-ring (bicyclic) bond motifs is 3. The van der Waals surface area contributed by atoms with Gasteiger partial charge in [0.15, 0.2) is 11.6 Å². The smallest absolute Gasteiger partial charge is 0.238 e. The maximum atomic E-state index is 13.5. The molecule has 4 aromatic rings. The molecule has 0 saturated heterocycles. The van der Waals surface area contributed by atoms with Gasteiger partial charge in [0.1, 0.15) is 17.0 Å². The Kier molecular flexibility index (Phi) is 4.27. The third-order valence-electron chi connectivity index (χ3n) is 4.98. The third-order valence-corrected chi connectivity index (χ3v) is 6.17. The summed E-state index contributed by atoms with van der Waals surface area (Å²) < 4.78 is 28.5. The first kappa shape index (κ1) is 17.2. The zero-order valence-corrected chi connectivity index (χ0v) is 15.8. The van der Waals surface area contributed by atoms with E-state index < -0.39 is 11.6 Å². The molecular formula is C20H17F2N5S. The monoisotopic (exact) mass is 397 g/mol. The standard InChI is InChI=1S/C20H17F2N5S/c21-14-6-5-12(9-15(14)22)10-24-18-17-13-3-1-2-4-16(13)28-19(17)26-20(25-18)27-8-7-23-11-27/h5-9,11H,1-4,10H2,(H,24,25,26). The lowest BCUT2D eigenvalue weighted by molar-refractivity contribution is 0.507. The molecule has 0 fully saturated rings. The highest BCUT2D eigenvalue weighted by atomic mass is 32.1. The minimum absolute atomic E-state index is 0.345. The lowest BCUT2D eigenvalue weighted by atomic mass is 9.97. The van der Waals surface area contributed by atoms with Crippen LogP contribution in [0.5, 0.6) is 0 Å². The Hall–Kier alpha value is -2.87. The molecule has 8 heteroatoms. The maximum Gasteiger partial charge on any atom is 0.238 e. The fourth-order valence-corrected chi connectivity index (χ4v) is 4.86. The number of aryl methyl sites for hydroxylation is 2. The summed E-state index contributed by atoms with van der Waals surface area (Å²) in [5.74, 6) is -0.434. The van der Waals surface area contributed by atoms with Crippen LogP contribution in [0, 0.1) is 11.6 Å². The van der Waals surface area contributed by atoms with Crippen molar-refractivity contribution in [2.45, 2.75) is 32.2 Å². The molecule has 5 rings (SSSR count). The number of imidazole rings is 1. The van der Waals surface area contributed by atoms with Crippen molar-refractivity contribution in [3.63, 3.8) is 0 Å². The predicted octanol–water partition coefficient (Wildman–Crippen LogP) is 4.65. The van der Waals surface area contributed by atoms with Gasteiger partial charge in [0.05, 0.1) is 5.39 Å². The number of hydrogen-bond acceptors (Lipinski definition) is 5. The van der Waals surface area contributed by atoms with Crippen molar-refractivity contribution in [2.24, 2.45) is 0 Å². The number of benzene rings is 1. The van der Waals surface area contributed by atoms with Crippen molar-refractivity contribution < 1.29 is 8.78 Å². The average Bonchev–Trinajstić information content (AvgIpc) is 3.36. The highest BCUT2D eigenvalue weighted by Gasteiger charge is 2.21. The van der Waals surface area contributed by atoms with Gasteiger partial charge >= 0.3 is 0 Å². The maximum absolute atomic E-state index is 13.5. The number of halogens is 2. The second kappa shape index (κ2) is 6.94. The van der Waals surface area contributed by atoms with Crippen LogP contribution < -0.4 is 5.32 Å². The number of thiophene rings is 1. The Morgan fingerprint density at radius 1 is 1.11 bits per heavy atom. The quantitative estimate of drug-likeness (QED) is 0.545. The second-order valence-corrected chi connectivity index (χ2v) is 7.92. The summed E-state index contributed by atoms with van der Waals surface area (Å²) in [6, 6.07) is 3.93. The van der Waals surface area contributed by atoms with Crippen LogP contribution in [0.3, 0.4) is 0 Å². The first-order chi connectivity index (χ1) is 13.7. The Morgan fingerprint density at radius 2 is 2.00 bits per heavy atom. The van der Waals surface area contributed by atoms with Crippen LogP contribution in [0.15, 0.2) is 36.9 Å². The van der Waals surface area contributed by atoms with E-state index in [1.54, 1.807) is 40.7 Å². The molecule has 0 atom stereocenters. The van der Waals surface area contributed by atoms with E-state index in [0.717, 1.165) is 41.4 Å². The summed E-state index contributed by atoms with van der Waals surface area (Å²) in [6.07, 6.45) is 9.58.